The molecule has 2 aliphatic heterocycles. The molecule has 2 fully saturated rings. The number of carboxylic acid groups (broad SMARTS) is 1. The zero-order valence-electron chi connectivity index (χ0n) is 11.0. The monoisotopic (exact) mass is 254 g/mol. The molecule has 5 nitrogen and oxygen atoms in total. The Balaban J connectivity index is 2.11. The van der Waals surface area contributed by atoms with Crippen molar-refractivity contribution in [3.05, 3.63) is 0 Å². The summed E-state index contributed by atoms with van der Waals surface area (Å²) in [7, 11) is 0. The second-order valence-electron chi connectivity index (χ2n) is 5.64. The number of nitrogens with zero attached hydrogens (tertiary/aromatic N) is 1. The van der Waals surface area contributed by atoms with Gasteiger partial charge in [0.1, 0.15) is 0 Å². The lowest BCUT2D eigenvalue weighted by Crippen LogP contribution is -2.49. The average Bonchev–Trinajstić information content (AvgIpc) is 2.93. The highest BCUT2D eigenvalue weighted by atomic mass is 16.4. The van der Waals surface area contributed by atoms with Crippen LogP contribution in [0.25, 0.3) is 0 Å². The number of carbonyl (C=O) groups excluding carboxylic acids is 1. The van der Waals surface area contributed by atoms with E-state index in [4.69, 9.17) is 10.8 Å². The quantitative estimate of drug-likeness (QED) is 0.778. The van der Waals surface area contributed by atoms with E-state index in [9.17, 15) is 9.59 Å². The van der Waals surface area contributed by atoms with Crippen molar-refractivity contribution >= 4 is 11.9 Å². The van der Waals surface area contributed by atoms with Gasteiger partial charge in [-0.1, -0.05) is 20.3 Å². The lowest BCUT2D eigenvalue weighted by atomic mass is 9.89. The summed E-state index contributed by atoms with van der Waals surface area (Å²) in [5.74, 6) is -1.09. The first-order chi connectivity index (χ1) is 8.47. The van der Waals surface area contributed by atoms with Crippen LogP contribution in [0.1, 0.15) is 39.5 Å². The summed E-state index contributed by atoms with van der Waals surface area (Å²) in [5.41, 5.74) is 5.99. The molecule has 1 amide bonds. The number of carbonyl (C=O) groups is 2. The molecule has 0 saturated carbocycles. The van der Waals surface area contributed by atoms with Crippen LogP contribution in [0.4, 0.5) is 0 Å². The van der Waals surface area contributed by atoms with Crippen molar-refractivity contribution in [3.63, 3.8) is 0 Å². The molecule has 5 atom stereocenters. The van der Waals surface area contributed by atoms with Crippen molar-refractivity contribution in [1.29, 1.82) is 0 Å². The molecule has 0 aliphatic carbocycles. The predicted molar refractivity (Wildman–Crippen MR) is 66.8 cm³/mol. The molecule has 0 aromatic rings. The fourth-order valence-corrected chi connectivity index (χ4v) is 3.27. The predicted octanol–water partition coefficient (Wildman–Crippen LogP) is 0.824. The van der Waals surface area contributed by atoms with Crippen LogP contribution in [-0.4, -0.2) is 40.0 Å². The van der Waals surface area contributed by atoms with Gasteiger partial charge in [-0.05, 0) is 25.2 Å². The molecule has 0 aromatic carbocycles. The largest absolute Gasteiger partial charge is 0.481 e. The highest BCUT2D eigenvalue weighted by Crippen LogP contribution is 2.42. The maximum Gasteiger partial charge on any atom is 0.308 e. The van der Waals surface area contributed by atoms with Gasteiger partial charge in [-0.15, -0.1) is 0 Å². The maximum absolute atomic E-state index is 12.4. The number of hydrogen-bond donors (Lipinski definition) is 2. The van der Waals surface area contributed by atoms with Crippen LogP contribution in [0, 0.1) is 11.8 Å². The third kappa shape index (κ3) is 2.00. The van der Waals surface area contributed by atoms with Crippen LogP contribution in [0.2, 0.25) is 0 Å². The van der Waals surface area contributed by atoms with E-state index in [1.807, 2.05) is 13.8 Å². The minimum atomic E-state index is -0.780. The van der Waals surface area contributed by atoms with E-state index in [2.05, 4.69) is 0 Å². The van der Waals surface area contributed by atoms with E-state index in [1.165, 1.54) is 0 Å². The van der Waals surface area contributed by atoms with Gasteiger partial charge in [0.25, 0.3) is 0 Å². The molecular formula is C13H22N2O3. The van der Waals surface area contributed by atoms with Gasteiger partial charge in [-0.3, -0.25) is 9.59 Å². The Hall–Kier alpha value is -1.10. The number of hydrogen-bond acceptors (Lipinski definition) is 3. The fourth-order valence-electron chi connectivity index (χ4n) is 3.27. The number of aliphatic carboxylic acids is 1. The van der Waals surface area contributed by atoms with Gasteiger partial charge in [0.05, 0.1) is 12.0 Å². The summed E-state index contributed by atoms with van der Waals surface area (Å²) in [6.07, 6.45) is 3.19. The number of amides is 1. The van der Waals surface area contributed by atoms with Crippen LogP contribution in [0.5, 0.6) is 0 Å². The Morgan fingerprint density at radius 3 is 2.61 bits per heavy atom. The first-order valence-electron chi connectivity index (χ1n) is 6.77. The summed E-state index contributed by atoms with van der Waals surface area (Å²) in [6, 6.07) is -0.528. The van der Waals surface area contributed by atoms with Crippen LogP contribution >= 0.6 is 0 Å². The summed E-state index contributed by atoms with van der Waals surface area (Å²) in [4.78, 5) is 25.3. The second kappa shape index (κ2) is 4.88. The smallest absolute Gasteiger partial charge is 0.308 e. The first-order valence-corrected chi connectivity index (χ1v) is 6.77. The molecule has 18 heavy (non-hydrogen) atoms. The zero-order valence-corrected chi connectivity index (χ0v) is 11.0. The second-order valence-corrected chi connectivity index (χ2v) is 5.64. The zero-order chi connectivity index (χ0) is 13.4. The standard InChI is InChI=1S/C13H22N2O3/c1-3-7(2)11(14)12(16)15-8-4-5-10(15)9(6-8)13(17)18/h7-11H,3-6,14H2,1-2H3,(H,17,18). The van der Waals surface area contributed by atoms with Crippen molar-refractivity contribution in [3.8, 4) is 0 Å². The van der Waals surface area contributed by atoms with E-state index in [1.54, 1.807) is 4.90 Å². The van der Waals surface area contributed by atoms with E-state index in [0.717, 1.165) is 19.3 Å². The molecule has 5 heteroatoms. The number of nitrogens with two attached hydrogens (primary N) is 1. The topological polar surface area (TPSA) is 83.6 Å². The van der Waals surface area contributed by atoms with E-state index in [0.29, 0.717) is 6.42 Å². The lowest BCUT2D eigenvalue weighted by Gasteiger charge is -2.28. The van der Waals surface area contributed by atoms with Crippen LogP contribution in [0.3, 0.4) is 0 Å². The Bertz CT molecular complexity index is 358. The Kier molecular flexibility index (Phi) is 3.61. The number of carboxylic acids is 1. The molecule has 2 rings (SSSR count). The minimum absolute atomic E-state index is 0.0550. The van der Waals surface area contributed by atoms with Gasteiger partial charge in [-0.2, -0.15) is 0 Å². The third-order valence-electron chi connectivity index (χ3n) is 4.65. The average molecular weight is 254 g/mol. The minimum Gasteiger partial charge on any atom is -0.481 e. The van der Waals surface area contributed by atoms with Gasteiger partial charge in [0.15, 0.2) is 0 Å². The van der Waals surface area contributed by atoms with Crippen molar-refractivity contribution < 1.29 is 14.7 Å². The van der Waals surface area contributed by atoms with Crippen LogP contribution < -0.4 is 5.73 Å². The summed E-state index contributed by atoms with van der Waals surface area (Å²) in [5, 5.41) is 9.16. The summed E-state index contributed by atoms with van der Waals surface area (Å²) < 4.78 is 0. The van der Waals surface area contributed by atoms with Crippen LogP contribution in [-0.2, 0) is 9.59 Å². The molecule has 0 aromatic heterocycles. The molecule has 0 radical (unpaired) electrons. The molecule has 2 heterocycles. The van der Waals surface area contributed by atoms with Crippen LogP contribution in [0.15, 0.2) is 0 Å². The Morgan fingerprint density at radius 1 is 1.44 bits per heavy atom. The van der Waals surface area contributed by atoms with Gasteiger partial charge in [0.2, 0.25) is 5.91 Å². The van der Waals surface area contributed by atoms with Crippen molar-refractivity contribution in [2.24, 2.45) is 17.6 Å². The molecule has 2 aliphatic rings. The molecule has 2 saturated heterocycles. The molecule has 2 bridgehead atoms. The molecule has 3 N–H and O–H groups in total. The third-order valence-corrected chi connectivity index (χ3v) is 4.65. The molecule has 102 valence electrons. The lowest BCUT2D eigenvalue weighted by molar-refractivity contribution is -0.143. The summed E-state index contributed by atoms with van der Waals surface area (Å²) in [6.45, 7) is 3.98. The van der Waals surface area contributed by atoms with Gasteiger partial charge in [0, 0.05) is 12.1 Å². The normalized spacial score (nSPS) is 33.5. The van der Waals surface area contributed by atoms with Gasteiger partial charge < -0.3 is 15.7 Å². The Morgan fingerprint density at radius 2 is 2.11 bits per heavy atom. The van der Waals surface area contributed by atoms with Gasteiger partial charge in [-0.25, -0.2) is 0 Å². The molecule has 0 spiro atoms. The van der Waals surface area contributed by atoms with E-state index < -0.39 is 17.9 Å². The van der Waals surface area contributed by atoms with E-state index >= 15 is 0 Å². The van der Waals surface area contributed by atoms with Crippen molar-refractivity contribution in [2.75, 3.05) is 0 Å². The van der Waals surface area contributed by atoms with Crippen molar-refractivity contribution in [1.82, 2.24) is 4.90 Å². The number of rotatable bonds is 4. The fraction of sp³-hybridized carbons (Fsp3) is 0.846. The molecular weight excluding hydrogens is 232 g/mol. The van der Waals surface area contributed by atoms with Crippen molar-refractivity contribution in [2.45, 2.75) is 57.7 Å². The SMILES string of the molecule is CCC(C)C(N)C(=O)N1C2CCC1C(C(=O)O)C2. The molecule has 5 unspecified atom stereocenters. The number of fused-ring (bicyclic) bond motifs is 2. The van der Waals surface area contributed by atoms with E-state index in [-0.39, 0.29) is 23.9 Å². The summed E-state index contributed by atoms with van der Waals surface area (Å²) >= 11 is 0. The first kappa shape index (κ1) is 13.3. The highest BCUT2D eigenvalue weighted by molar-refractivity contribution is 5.84. The maximum atomic E-state index is 12.4. The highest BCUT2D eigenvalue weighted by Gasteiger charge is 2.52. The van der Waals surface area contributed by atoms with Gasteiger partial charge >= 0.3 is 5.97 Å². The Labute approximate surface area is 107 Å².